The Morgan fingerprint density at radius 3 is 2.41 bits per heavy atom. The summed E-state index contributed by atoms with van der Waals surface area (Å²) in [5, 5.41) is 18.7. The van der Waals surface area contributed by atoms with E-state index in [0.717, 1.165) is 18.4 Å². The highest BCUT2D eigenvalue weighted by Gasteiger charge is 2.06. The molecule has 0 fully saturated rings. The summed E-state index contributed by atoms with van der Waals surface area (Å²) in [6.07, 6.45) is 1.61. The van der Waals surface area contributed by atoms with Crippen LogP contribution in [-0.4, -0.2) is 5.11 Å². The standard InChI is InChI=1S/C15H13NO/c16-11-14-8-4-7-13(15(14)17)10-9-12-5-2-1-3-6-12/h1-8,17H,9-10H2. The van der Waals surface area contributed by atoms with E-state index in [9.17, 15) is 5.11 Å². The van der Waals surface area contributed by atoms with Crippen molar-refractivity contribution < 1.29 is 5.11 Å². The Kier molecular flexibility index (Phi) is 3.42. The number of aromatic hydroxyl groups is 1. The van der Waals surface area contributed by atoms with E-state index in [-0.39, 0.29) is 5.75 Å². The number of nitrogens with zero attached hydrogens (tertiary/aromatic N) is 1. The summed E-state index contributed by atoms with van der Waals surface area (Å²) in [7, 11) is 0. The number of phenolic OH excluding ortho intramolecular Hbond substituents is 1. The molecule has 2 rings (SSSR count). The molecule has 0 unspecified atom stereocenters. The Labute approximate surface area is 101 Å². The Morgan fingerprint density at radius 2 is 1.71 bits per heavy atom. The van der Waals surface area contributed by atoms with Crippen LogP contribution in [-0.2, 0) is 12.8 Å². The average Bonchev–Trinajstić information content (AvgIpc) is 2.39. The fraction of sp³-hybridized carbons (Fsp3) is 0.133. The van der Waals surface area contributed by atoms with Crippen LogP contribution in [0.3, 0.4) is 0 Å². The first-order chi connectivity index (χ1) is 8.31. The fourth-order valence-electron chi connectivity index (χ4n) is 1.81. The third kappa shape index (κ3) is 2.64. The van der Waals surface area contributed by atoms with Gasteiger partial charge in [0.25, 0.3) is 0 Å². The second-order valence-electron chi connectivity index (χ2n) is 3.91. The number of para-hydroxylation sites is 1. The van der Waals surface area contributed by atoms with Crippen LogP contribution in [0, 0.1) is 11.3 Å². The topological polar surface area (TPSA) is 44.0 Å². The zero-order valence-corrected chi connectivity index (χ0v) is 9.43. The van der Waals surface area contributed by atoms with E-state index in [1.807, 2.05) is 30.3 Å². The highest BCUT2D eigenvalue weighted by Crippen LogP contribution is 2.23. The van der Waals surface area contributed by atoms with Crippen molar-refractivity contribution in [3.8, 4) is 11.8 Å². The number of hydrogen-bond acceptors (Lipinski definition) is 2. The molecule has 2 aromatic carbocycles. The normalized spacial score (nSPS) is 9.82. The molecule has 84 valence electrons. The van der Waals surface area contributed by atoms with Gasteiger partial charge in [-0.15, -0.1) is 0 Å². The molecular formula is C15H13NO. The molecule has 0 aliphatic rings. The van der Waals surface area contributed by atoms with Crippen LogP contribution in [0.1, 0.15) is 16.7 Å². The monoisotopic (exact) mass is 223 g/mol. The number of phenols is 1. The van der Waals surface area contributed by atoms with E-state index in [1.54, 1.807) is 12.1 Å². The quantitative estimate of drug-likeness (QED) is 0.869. The van der Waals surface area contributed by atoms with Crippen LogP contribution in [0.4, 0.5) is 0 Å². The lowest BCUT2D eigenvalue weighted by Crippen LogP contribution is -1.93. The summed E-state index contributed by atoms with van der Waals surface area (Å²) in [5.74, 6) is 0.117. The van der Waals surface area contributed by atoms with Gasteiger partial charge < -0.3 is 5.11 Å². The highest BCUT2D eigenvalue weighted by molar-refractivity contribution is 5.47. The first kappa shape index (κ1) is 11.2. The molecule has 0 aliphatic heterocycles. The van der Waals surface area contributed by atoms with Crippen LogP contribution in [0.15, 0.2) is 48.5 Å². The number of benzene rings is 2. The SMILES string of the molecule is N#Cc1cccc(CCc2ccccc2)c1O. The van der Waals surface area contributed by atoms with Crippen molar-refractivity contribution >= 4 is 0 Å². The van der Waals surface area contributed by atoms with E-state index in [1.165, 1.54) is 5.56 Å². The predicted molar refractivity (Wildman–Crippen MR) is 66.7 cm³/mol. The molecule has 2 nitrogen and oxygen atoms in total. The largest absolute Gasteiger partial charge is 0.506 e. The number of hydrogen-bond donors (Lipinski definition) is 1. The molecule has 1 N–H and O–H groups in total. The predicted octanol–water partition coefficient (Wildman–Crippen LogP) is 3.05. The Hall–Kier alpha value is -2.27. The molecule has 0 amide bonds. The Balaban J connectivity index is 2.13. The fourth-order valence-corrected chi connectivity index (χ4v) is 1.81. The minimum atomic E-state index is 0.117. The molecule has 0 atom stereocenters. The zero-order chi connectivity index (χ0) is 12.1. The first-order valence-electron chi connectivity index (χ1n) is 5.56. The van der Waals surface area contributed by atoms with Crippen molar-refractivity contribution in [2.45, 2.75) is 12.8 Å². The molecule has 0 radical (unpaired) electrons. The van der Waals surface area contributed by atoms with Gasteiger partial charge >= 0.3 is 0 Å². The average molecular weight is 223 g/mol. The van der Waals surface area contributed by atoms with E-state index in [2.05, 4.69) is 12.1 Å². The maximum absolute atomic E-state index is 9.84. The van der Waals surface area contributed by atoms with Gasteiger partial charge in [-0.05, 0) is 30.0 Å². The van der Waals surface area contributed by atoms with Gasteiger partial charge in [-0.3, -0.25) is 0 Å². The van der Waals surface area contributed by atoms with Crippen molar-refractivity contribution in [3.63, 3.8) is 0 Å². The zero-order valence-electron chi connectivity index (χ0n) is 9.43. The number of nitriles is 1. The molecule has 17 heavy (non-hydrogen) atoms. The number of aryl methyl sites for hydroxylation is 2. The number of rotatable bonds is 3. The molecule has 0 spiro atoms. The lowest BCUT2D eigenvalue weighted by atomic mass is 10.0. The van der Waals surface area contributed by atoms with Crippen molar-refractivity contribution in [1.29, 1.82) is 5.26 Å². The van der Waals surface area contributed by atoms with E-state index >= 15 is 0 Å². The van der Waals surface area contributed by atoms with Gasteiger partial charge in [0.15, 0.2) is 0 Å². The van der Waals surface area contributed by atoms with Gasteiger partial charge in [-0.2, -0.15) is 5.26 Å². The molecule has 0 aliphatic carbocycles. The van der Waals surface area contributed by atoms with Crippen LogP contribution >= 0.6 is 0 Å². The molecule has 0 bridgehead atoms. The summed E-state index contributed by atoms with van der Waals surface area (Å²) in [5.41, 5.74) is 2.40. The van der Waals surface area contributed by atoms with Gasteiger partial charge in [-0.1, -0.05) is 42.5 Å². The van der Waals surface area contributed by atoms with Crippen LogP contribution < -0.4 is 0 Å². The second-order valence-corrected chi connectivity index (χ2v) is 3.91. The third-order valence-electron chi connectivity index (χ3n) is 2.77. The molecule has 0 saturated heterocycles. The molecule has 2 heteroatoms. The minimum absolute atomic E-state index is 0.117. The third-order valence-corrected chi connectivity index (χ3v) is 2.77. The minimum Gasteiger partial charge on any atom is -0.506 e. The summed E-state index contributed by atoms with van der Waals surface area (Å²) in [6, 6.07) is 17.4. The van der Waals surface area contributed by atoms with Gasteiger partial charge in [0.1, 0.15) is 11.8 Å². The summed E-state index contributed by atoms with van der Waals surface area (Å²) in [4.78, 5) is 0. The van der Waals surface area contributed by atoms with Crippen LogP contribution in [0.2, 0.25) is 0 Å². The highest BCUT2D eigenvalue weighted by atomic mass is 16.3. The second kappa shape index (κ2) is 5.18. The molecule has 0 aromatic heterocycles. The van der Waals surface area contributed by atoms with E-state index in [0.29, 0.717) is 5.56 Å². The molecule has 2 aromatic rings. The maximum Gasteiger partial charge on any atom is 0.136 e. The van der Waals surface area contributed by atoms with Gasteiger partial charge in [-0.25, -0.2) is 0 Å². The van der Waals surface area contributed by atoms with Gasteiger partial charge in [0.05, 0.1) is 5.56 Å². The summed E-state index contributed by atoms with van der Waals surface area (Å²) >= 11 is 0. The van der Waals surface area contributed by atoms with Crippen molar-refractivity contribution in [1.82, 2.24) is 0 Å². The molecule has 0 heterocycles. The summed E-state index contributed by atoms with van der Waals surface area (Å²) in [6.45, 7) is 0. The molecular weight excluding hydrogens is 210 g/mol. The van der Waals surface area contributed by atoms with Gasteiger partial charge in [0.2, 0.25) is 0 Å². The Morgan fingerprint density at radius 1 is 0.941 bits per heavy atom. The van der Waals surface area contributed by atoms with Crippen molar-refractivity contribution in [2.24, 2.45) is 0 Å². The lowest BCUT2D eigenvalue weighted by molar-refractivity contribution is 0.466. The van der Waals surface area contributed by atoms with Crippen molar-refractivity contribution in [2.75, 3.05) is 0 Å². The van der Waals surface area contributed by atoms with E-state index in [4.69, 9.17) is 5.26 Å². The first-order valence-corrected chi connectivity index (χ1v) is 5.56. The maximum atomic E-state index is 9.84. The molecule has 0 saturated carbocycles. The van der Waals surface area contributed by atoms with Crippen LogP contribution in [0.5, 0.6) is 5.75 Å². The van der Waals surface area contributed by atoms with Gasteiger partial charge in [0, 0.05) is 0 Å². The Bertz CT molecular complexity index is 541. The van der Waals surface area contributed by atoms with Crippen molar-refractivity contribution in [3.05, 3.63) is 65.2 Å². The smallest absolute Gasteiger partial charge is 0.136 e. The van der Waals surface area contributed by atoms with E-state index < -0.39 is 0 Å². The summed E-state index contributed by atoms with van der Waals surface area (Å²) < 4.78 is 0. The van der Waals surface area contributed by atoms with Crippen LogP contribution in [0.25, 0.3) is 0 Å². The lowest BCUT2D eigenvalue weighted by Gasteiger charge is -2.05.